The molecule has 1 aromatic rings. The van der Waals surface area contributed by atoms with Crippen molar-refractivity contribution < 1.29 is 0 Å². The first kappa shape index (κ1) is 11.7. The van der Waals surface area contributed by atoms with Crippen LogP contribution in [0.4, 0.5) is 0 Å². The fraction of sp³-hybridized carbons (Fsp3) is 0.600. The van der Waals surface area contributed by atoms with Gasteiger partial charge in [-0.3, -0.25) is 0 Å². The maximum atomic E-state index is 3.44. The van der Waals surface area contributed by atoms with Gasteiger partial charge in [0, 0.05) is 6.54 Å². The SMILES string of the molecule is CC(C)CCCc1cccc2c1CCNC2. The summed E-state index contributed by atoms with van der Waals surface area (Å²) >= 11 is 0. The first-order valence-corrected chi connectivity index (χ1v) is 6.57. The standard InChI is InChI=1S/C15H23N/c1-12(2)5-3-6-13-7-4-8-14-11-16-10-9-15(13)14/h4,7-8,12,16H,3,5-6,9-11H2,1-2H3. The summed E-state index contributed by atoms with van der Waals surface area (Å²) in [6.07, 6.45) is 5.16. The van der Waals surface area contributed by atoms with Crippen LogP contribution in [0.2, 0.25) is 0 Å². The molecule has 0 aliphatic carbocycles. The highest BCUT2D eigenvalue weighted by atomic mass is 14.9. The number of aryl methyl sites for hydroxylation is 1. The van der Waals surface area contributed by atoms with Gasteiger partial charge in [-0.1, -0.05) is 38.5 Å². The Bertz CT molecular complexity index is 341. The van der Waals surface area contributed by atoms with E-state index in [4.69, 9.17) is 0 Å². The van der Waals surface area contributed by atoms with Crippen LogP contribution in [-0.2, 0) is 19.4 Å². The van der Waals surface area contributed by atoms with Gasteiger partial charge in [0.05, 0.1) is 0 Å². The molecular formula is C15H23N. The molecule has 0 saturated heterocycles. The van der Waals surface area contributed by atoms with Gasteiger partial charge in [-0.2, -0.15) is 0 Å². The molecule has 16 heavy (non-hydrogen) atoms. The van der Waals surface area contributed by atoms with Gasteiger partial charge in [0.15, 0.2) is 0 Å². The molecule has 0 aromatic heterocycles. The monoisotopic (exact) mass is 217 g/mol. The van der Waals surface area contributed by atoms with E-state index in [0.29, 0.717) is 0 Å². The Hall–Kier alpha value is -0.820. The second-order valence-corrected chi connectivity index (χ2v) is 5.27. The molecule has 88 valence electrons. The first-order chi connectivity index (χ1) is 7.77. The lowest BCUT2D eigenvalue weighted by Gasteiger charge is -2.20. The van der Waals surface area contributed by atoms with Gasteiger partial charge in [-0.25, -0.2) is 0 Å². The molecule has 0 fully saturated rings. The van der Waals surface area contributed by atoms with Crippen molar-refractivity contribution in [1.82, 2.24) is 5.32 Å². The van der Waals surface area contributed by atoms with E-state index in [0.717, 1.165) is 19.0 Å². The van der Waals surface area contributed by atoms with Gasteiger partial charge in [-0.05, 0) is 48.4 Å². The predicted molar refractivity (Wildman–Crippen MR) is 69.6 cm³/mol. The Morgan fingerprint density at radius 2 is 2.19 bits per heavy atom. The average Bonchev–Trinajstić information content (AvgIpc) is 2.29. The maximum Gasteiger partial charge on any atom is 0.0208 e. The number of nitrogens with one attached hydrogen (secondary N) is 1. The van der Waals surface area contributed by atoms with Gasteiger partial charge in [0.2, 0.25) is 0 Å². The van der Waals surface area contributed by atoms with Crippen molar-refractivity contribution in [3.63, 3.8) is 0 Å². The molecular weight excluding hydrogens is 194 g/mol. The normalized spacial score (nSPS) is 15.2. The molecule has 1 aliphatic rings. The lowest BCUT2D eigenvalue weighted by atomic mass is 9.92. The third-order valence-corrected chi connectivity index (χ3v) is 3.46. The Kier molecular flexibility index (Phi) is 4.00. The maximum absolute atomic E-state index is 3.44. The van der Waals surface area contributed by atoms with Crippen LogP contribution in [0.3, 0.4) is 0 Å². The molecule has 0 unspecified atom stereocenters. The molecule has 1 aromatic carbocycles. The third kappa shape index (κ3) is 2.85. The van der Waals surface area contributed by atoms with Crippen LogP contribution in [0.1, 0.15) is 43.4 Å². The molecule has 0 radical (unpaired) electrons. The largest absolute Gasteiger partial charge is 0.312 e. The van der Waals surface area contributed by atoms with E-state index in [2.05, 4.69) is 37.4 Å². The molecule has 1 heteroatoms. The Labute approximate surface area is 99.3 Å². The minimum Gasteiger partial charge on any atom is -0.312 e. The second-order valence-electron chi connectivity index (χ2n) is 5.27. The number of rotatable bonds is 4. The van der Waals surface area contributed by atoms with E-state index in [-0.39, 0.29) is 0 Å². The van der Waals surface area contributed by atoms with Crippen LogP contribution in [0.5, 0.6) is 0 Å². The second kappa shape index (κ2) is 5.49. The zero-order valence-corrected chi connectivity index (χ0v) is 10.6. The van der Waals surface area contributed by atoms with Crippen LogP contribution >= 0.6 is 0 Å². The Morgan fingerprint density at radius 3 is 3.00 bits per heavy atom. The van der Waals surface area contributed by atoms with Crippen LogP contribution in [0.25, 0.3) is 0 Å². The van der Waals surface area contributed by atoms with Crippen LogP contribution in [0, 0.1) is 5.92 Å². The van der Waals surface area contributed by atoms with Crippen molar-refractivity contribution in [3.8, 4) is 0 Å². The summed E-state index contributed by atoms with van der Waals surface area (Å²) in [5, 5.41) is 3.44. The quantitative estimate of drug-likeness (QED) is 0.816. The summed E-state index contributed by atoms with van der Waals surface area (Å²) < 4.78 is 0. The molecule has 0 amide bonds. The highest BCUT2D eigenvalue weighted by Gasteiger charge is 2.11. The fourth-order valence-electron chi connectivity index (χ4n) is 2.55. The van der Waals surface area contributed by atoms with Gasteiger partial charge >= 0.3 is 0 Å². The number of hydrogen-bond donors (Lipinski definition) is 1. The molecule has 2 rings (SSSR count). The zero-order valence-electron chi connectivity index (χ0n) is 10.6. The highest BCUT2D eigenvalue weighted by molar-refractivity contribution is 5.37. The van der Waals surface area contributed by atoms with Crippen molar-refractivity contribution in [2.75, 3.05) is 6.54 Å². The zero-order chi connectivity index (χ0) is 11.4. The van der Waals surface area contributed by atoms with E-state index in [1.165, 1.54) is 31.2 Å². The number of benzene rings is 1. The summed E-state index contributed by atoms with van der Waals surface area (Å²) in [6, 6.07) is 6.81. The molecule has 0 atom stereocenters. The lowest BCUT2D eigenvalue weighted by Crippen LogP contribution is -2.24. The van der Waals surface area contributed by atoms with Gasteiger partial charge < -0.3 is 5.32 Å². The fourth-order valence-corrected chi connectivity index (χ4v) is 2.55. The topological polar surface area (TPSA) is 12.0 Å². The van der Waals surface area contributed by atoms with Crippen LogP contribution in [-0.4, -0.2) is 6.54 Å². The molecule has 0 saturated carbocycles. The summed E-state index contributed by atoms with van der Waals surface area (Å²) in [5.41, 5.74) is 4.75. The van der Waals surface area contributed by atoms with Gasteiger partial charge in [0.25, 0.3) is 0 Å². The molecule has 0 spiro atoms. The first-order valence-electron chi connectivity index (χ1n) is 6.57. The van der Waals surface area contributed by atoms with Gasteiger partial charge in [0.1, 0.15) is 0 Å². The minimum atomic E-state index is 0.834. The van der Waals surface area contributed by atoms with Crippen molar-refractivity contribution in [2.24, 2.45) is 5.92 Å². The van der Waals surface area contributed by atoms with Crippen molar-refractivity contribution in [1.29, 1.82) is 0 Å². The van der Waals surface area contributed by atoms with E-state index in [9.17, 15) is 0 Å². The highest BCUT2D eigenvalue weighted by Crippen LogP contribution is 2.21. The van der Waals surface area contributed by atoms with Gasteiger partial charge in [-0.15, -0.1) is 0 Å². The van der Waals surface area contributed by atoms with E-state index in [1.54, 1.807) is 11.1 Å². The summed E-state index contributed by atoms with van der Waals surface area (Å²) in [7, 11) is 0. The van der Waals surface area contributed by atoms with Crippen molar-refractivity contribution >= 4 is 0 Å². The van der Waals surface area contributed by atoms with Crippen molar-refractivity contribution in [2.45, 2.75) is 46.1 Å². The Morgan fingerprint density at radius 1 is 1.31 bits per heavy atom. The van der Waals surface area contributed by atoms with E-state index >= 15 is 0 Å². The lowest BCUT2D eigenvalue weighted by molar-refractivity contribution is 0.552. The van der Waals surface area contributed by atoms with E-state index < -0.39 is 0 Å². The van der Waals surface area contributed by atoms with Crippen LogP contribution < -0.4 is 5.32 Å². The summed E-state index contributed by atoms with van der Waals surface area (Å²) in [5.74, 6) is 0.834. The molecule has 0 bridgehead atoms. The summed E-state index contributed by atoms with van der Waals surface area (Å²) in [4.78, 5) is 0. The summed E-state index contributed by atoms with van der Waals surface area (Å²) in [6.45, 7) is 6.83. The number of hydrogen-bond acceptors (Lipinski definition) is 1. The Balaban J connectivity index is 2.03. The molecule has 1 heterocycles. The average molecular weight is 217 g/mol. The van der Waals surface area contributed by atoms with Crippen LogP contribution in [0.15, 0.2) is 18.2 Å². The van der Waals surface area contributed by atoms with E-state index in [1.807, 2.05) is 0 Å². The van der Waals surface area contributed by atoms with Crippen molar-refractivity contribution in [3.05, 3.63) is 34.9 Å². The predicted octanol–water partition coefficient (Wildman–Crippen LogP) is 3.31. The molecule has 1 aliphatic heterocycles. The molecule has 1 nitrogen and oxygen atoms in total. The third-order valence-electron chi connectivity index (χ3n) is 3.46. The number of fused-ring (bicyclic) bond motifs is 1. The minimum absolute atomic E-state index is 0.834. The smallest absolute Gasteiger partial charge is 0.0208 e. The molecule has 1 N–H and O–H groups in total.